The highest BCUT2D eigenvalue weighted by atomic mass is 16.3. The van der Waals surface area contributed by atoms with E-state index in [1.807, 2.05) is 12.1 Å². The second-order valence-corrected chi connectivity index (χ2v) is 6.76. The topological polar surface area (TPSA) is 37.3 Å². The molecule has 2 nitrogen and oxygen atoms in total. The van der Waals surface area contributed by atoms with E-state index in [1.54, 1.807) is 6.92 Å². The van der Waals surface area contributed by atoms with E-state index in [9.17, 15) is 9.90 Å². The van der Waals surface area contributed by atoms with Crippen LogP contribution in [0.4, 0.5) is 0 Å². The number of hydrogen-bond acceptors (Lipinski definition) is 2. The molecule has 130 valence electrons. The van der Waals surface area contributed by atoms with Crippen LogP contribution in [0.2, 0.25) is 0 Å². The summed E-state index contributed by atoms with van der Waals surface area (Å²) in [7, 11) is 0. The van der Waals surface area contributed by atoms with Crippen LogP contribution in [0.1, 0.15) is 88.8 Å². The summed E-state index contributed by atoms with van der Waals surface area (Å²) in [6, 6.07) is 4.08. The van der Waals surface area contributed by atoms with Crippen LogP contribution in [0.25, 0.3) is 0 Å². The van der Waals surface area contributed by atoms with E-state index in [-0.39, 0.29) is 5.78 Å². The van der Waals surface area contributed by atoms with Crippen molar-refractivity contribution >= 4 is 5.78 Å². The highest BCUT2D eigenvalue weighted by Gasteiger charge is 2.11. The fourth-order valence-electron chi connectivity index (χ4n) is 3.09. The summed E-state index contributed by atoms with van der Waals surface area (Å²) in [5, 5.41) is 10.6. The highest BCUT2D eigenvalue weighted by Crippen LogP contribution is 2.28. The first-order chi connectivity index (χ1) is 11.1. The van der Waals surface area contributed by atoms with Crippen molar-refractivity contribution in [2.45, 2.75) is 91.4 Å². The van der Waals surface area contributed by atoms with Gasteiger partial charge in [0.15, 0.2) is 0 Å². The van der Waals surface area contributed by atoms with Crippen molar-refractivity contribution in [3.8, 4) is 5.75 Å². The third kappa shape index (κ3) is 7.67. The molecule has 0 unspecified atom stereocenters. The molecule has 0 saturated carbocycles. The number of aromatic hydroxyl groups is 1. The zero-order valence-electron chi connectivity index (χ0n) is 15.3. The summed E-state index contributed by atoms with van der Waals surface area (Å²) >= 11 is 0. The molecular weight excluding hydrogens is 284 g/mol. The van der Waals surface area contributed by atoms with Crippen LogP contribution in [-0.4, -0.2) is 10.9 Å². The fourth-order valence-corrected chi connectivity index (χ4v) is 3.09. The van der Waals surface area contributed by atoms with E-state index in [4.69, 9.17) is 0 Å². The Morgan fingerprint density at radius 3 is 1.74 bits per heavy atom. The van der Waals surface area contributed by atoms with Crippen LogP contribution < -0.4 is 0 Å². The van der Waals surface area contributed by atoms with Crippen molar-refractivity contribution in [1.29, 1.82) is 0 Å². The number of phenolic OH excluding ortho intramolecular Hbond substituents is 1. The van der Waals surface area contributed by atoms with E-state index in [1.165, 1.54) is 38.5 Å². The fraction of sp³-hybridized carbons (Fsp3) is 0.667. The van der Waals surface area contributed by atoms with Gasteiger partial charge in [-0.25, -0.2) is 0 Å². The number of carbonyl (C=O) groups excluding carboxylic acids is 1. The lowest BCUT2D eigenvalue weighted by molar-refractivity contribution is -0.116. The van der Waals surface area contributed by atoms with E-state index in [0.717, 1.165) is 42.4 Å². The Bertz CT molecular complexity index is 444. The number of aryl methyl sites for hydroxylation is 2. The summed E-state index contributed by atoms with van der Waals surface area (Å²) in [5.74, 6) is 0.662. The van der Waals surface area contributed by atoms with Gasteiger partial charge in [0.2, 0.25) is 0 Å². The second kappa shape index (κ2) is 11.3. The SMILES string of the molecule is CCCCCCc1cc(CC(C)=O)cc(CCCCCC)c1O. The molecule has 1 aromatic carbocycles. The summed E-state index contributed by atoms with van der Waals surface area (Å²) in [6.07, 6.45) is 11.9. The van der Waals surface area contributed by atoms with Crippen molar-refractivity contribution in [2.75, 3.05) is 0 Å². The summed E-state index contributed by atoms with van der Waals surface area (Å²) in [4.78, 5) is 11.5. The molecule has 0 aliphatic rings. The molecule has 0 bridgehead atoms. The van der Waals surface area contributed by atoms with Crippen molar-refractivity contribution in [3.05, 3.63) is 28.8 Å². The predicted molar refractivity (Wildman–Crippen MR) is 98.2 cm³/mol. The van der Waals surface area contributed by atoms with Crippen molar-refractivity contribution < 1.29 is 9.90 Å². The largest absolute Gasteiger partial charge is 0.507 e. The Balaban J connectivity index is 2.81. The molecule has 0 aliphatic carbocycles. The molecule has 0 radical (unpaired) electrons. The van der Waals surface area contributed by atoms with E-state index >= 15 is 0 Å². The summed E-state index contributed by atoms with van der Waals surface area (Å²) < 4.78 is 0. The van der Waals surface area contributed by atoms with Gasteiger partial charge in [0, 0.05) is 6.42 Å². The van der Waals surface area contributed by atoms with Gasteiger partial charge in [-0.2, -0.15) is 0 Å². The number of ketones is 1. The molecule has 1 N–H and O–H groups in total. The maximum absolute atomic E-state index is 11.5. The molecule has 2 heteroatoms. The Kier molecular flexibility index (Phi) is 9.66. The first-order valence-electron chi connectivity index (χ1n) is 9.41. The number of phenols is 1. The lowest BCUT2D eigenvalue weighted by Gasteiger charge is -2.13. The molecule has 0 spiro atoms. The van der Waals surface area contributed by atoms with Gasteiger partial charge in [-0.15, -0.1) is 0 Å². The number of hydrogen-bond donors (Lipinski definition) is 1. The maximum atomic E-state index is 11.5. The Morgan fingerprint density at radius 1 is 0.870 bits per heavy atom. The van der Waals surface area contributed by atoms with Gasteiger partial charge >= 0.3 is 0 Å². The molecule has 0 atom stereocenters. The van der Waals surface area contributed by atoms with Gasteiger partial charge < -0.3 is 5.11 Å². The average molecular weight is 319 g/mol. The van der Waals surface area contributed by atoms with Crippen molar-refractivity contribution in [1.82, 2.24) is 0 Å². The molecule has 0 saturated heterocycles. The van der Waals surface area contributed by atoms with Crippen LogP contribution in [0.15, 0.2) is 12.1 Å². The first-order valence-corrected chi connectivity index (χ1v) is 9.41. The first kappa shape index (κ1) is 19.7. The molecular formula is C21H34O2. The van der Waals surface area contributed by atoms with Gasteiger partial charge in [-0.05, 0) is 49.3 Å². The van der Waals surface area contributed by atoms with Crippen LogP contribution in [0.3, 0.4) is 0 Å². The van der Waals surface area contributed by atoms with Gasteiger partial charge in [-0.1, -0.05) is 64.5 Å². The minimum Gasteiger partial charge on any atom is -0.507 e. The van der Waals surface area contributed by atoms with Crippen molar-refractivity contribution in [3.63, 3.8) is 0 Å². The number of benzene rings is 1. The Morgan fingerprint density at radius 2 is 1.35 bits per heavy atom. The predicted octanol–water partition coefficient (Wildman–Crippen LogP) is 5.77. The number of unbranched alkanes of at least 4 members (excludes halogenated alkanes) is 6. The zero-order chi connectivity index (χ0) is 17.1. The second-order valence-electron chi connectivity index (χ2n) is 6.76. The number of carbonyl (C=O) groups is 1. The van der Waals surface area contributed by atoms with Crippen LogP contribution in [0.5, 0.6) is 5.75 Å². The maximum Gasteiger partial charge on any atom is 0.134 e. The molecule has 1 aromatic rings. The summed E-state index contributed by atoms with van der Waals surface area (Å²) in [5.41, 5.74) is 3.13. The normalized spacial score (nSPS) is 10.9. The van der Waals surface area contributed by atoms with Gasteiger partial charge in [0.25, 0.3) is 0 Å². The molecule has 1 rings (SSSR count). The van der Waals surface area contributed by atoms with Crippen molar-refractivity contribution in [2.24, 2.45) is 0 Å². The van der Waals surface area contributed by atoms with Crippen LogP contribution in [0, 0.1) is 0 Å². The lowest BCUT2D eigenvalue weighted by atomic mass is 9.94. The molecule has 0 aromatic heterocycles. The van der Waals surface area contributed by atoms with Crippen LogP contribution >= 0.6 is 0 Å². The van der Waals surface area contributed by atoms with Crippen LogP contribution in [-0.2, 0) is 24.1 Å². The quantitative estimate of drug-likeness (QED) is 0.497. The van der Waals surface area contributed by atoms with Gasteiger partial charge in [0.1, 0.15) is 11.5 Å². The minimum atomic E-state index is 0.185. The molecule has 0 fully saturated rings. The number of rotatable bonds is 12. The molecule has 0 aliphatic heterocycles. The smallest absolute Gasteiger partial charge is 0.134 e. The lowest BCUT2D eigenvalue weighted by Crippen LogP contribution is -2.01. The third-order valence-electron chi connectivity index (χ3n) is 4.38. The number of Topliss-reactive ketones (excluding diaryl/α,β-unsaturated/α-hetero) is 1. The zero-order valence-corrected chi connectivity index (χ0v) is 15.3. The Hall–Kier alpha value is -1.31. The van der Waals surface area contributed by atoms with Gasteiger partial charge in [-0.3, -0.25) is 4.79 Å². The van der Waals surface area contributed by atoms with E-state index in [2.05, 4.69) is 13.8 Å². The third-order valence-corrected chi connectivity index (χ3v) is 4.38. The molecule has 0 heterocycles. The molecule has 0 amide bonds. The average Bonchev–Trinajstić information content (AvgIpc) is 2.51. The van der Waals surface area contributed by atoms with Gasteiger partial charge in [0.05, 0.1) is 0 Å². The minimum absolute atomic E-state index is 0.185. The molecule has 23 heavy (non-hydrogen) atoms. The van der Waals surface area contributed by atoms with E-state index < -0.39 is 0 Å². The summed E-state index contributed by atoms with van der Waals surface area (Å²) in [6.45, 7) is 6.05. The highest BCUT2D eigenvalue weighted by molar-refractivity contribution is 5.78. The van der Waals surface area contributed by atoms with E-state index in [0.29, 0.717) is 12.2 Å². The Labute approximate surface area is 142 Å². The monoisotopic (exact) mass is 318 g/mol. The standard InChI is InChI=1S/C21H34O2/c1-4-6-8-10-12-19-15-18(14-17(3)22)16-20(21(19)23)13-11-9-7-5-2/h15-16,23H,4-14H2,1-3H3.